The van der Waals surface area contributed by atoms with Crippen LogP contribution in [0.4, 0.5) is 4.39 Å². The zero-order valence-corrected chi connectivity index (χ0v) is 14.4. The minimum absolute atomic E-state index is 0.295. The second-order valence-corrected chi connectivity index (χ2v) is 5.95. The van der Waals surface area contributed by atoms with Crippen molar-refractivity contribution in [2.45, 2.75) is 6.67 Å². The number of benzene rings is 2. The molecular weight excluding hydrogens is 345 g/mol. The van der Waals surface area contributed by atoms with Crippen LogP contribution in [0.1, 0.15) is 0 Å². The molecule has 0 atom stereocenters. The van der Waals surface area contributed by atoms with Crippen molar-refractivity contribution in [1.29, 1.82) is 0 Å². The van der Waals surface area contributed by atoms with Crippen molar-refractivity contribution in [2.24, 2.45) is 0 Å². The molecule has 25 heavy (non-hydrogen) atoms. The molecule has 6 nitrogen and oxygen atoms in total. The summed E-state index contributed by atoms with van der Waals surface area (Å²) in [6.07, 6.45) is 0. The lowest BCUT2D eigenvalue weighted by atomic mass is 10.2. The molecule has 1 aromatic heterocycles. The molecule has 0 fully saturated rings. The molecule has 0 saturated heterocycles. The zero-order valence-electron chi connectivity index (χ0n) is 13.6. The number of nitrogens with zero attached hydrogens (tertiary/aromatic N) is 5. The molecule has 8 heteroatoms. The number of rotatable bonds is 7. The van der Waals surface area contributed by atoms with Gasteiger partial charge in [0.25, 0.3) is 0 Å². The van der Waals surface area contributed by atoms with E-state index in [9.17, 15) is 4.39 Å². The van der Waals surface area contributed by atoms with Crippen molar-refractivity contribution in [3.8, 4) is 17.1 Å². The van der Waals surface area contributed by atoms with Crippen molar-refractivity contribution in [3.63, 3.8) is 0 Å². The third-order valence-corrected chi connectivity index (χ3v) is 3.73. The summed E-state index contributed by atoms with van der Waals surface area (Å²) < 4.78 is 18.6. The molecule has 2 aromatic carbocycles. The van der Waals surface area contributed by atoms with Crippen molar-refractivity contribution in [1.82, 2.24) is 25.1 Å². The van der Waals surface area contributed by atoms with E-state index in [4.69, 9.17) is 16.3 Å². The van der Waals surface area contributed by atoms with E-state index in [-0.39, 0.29) is 5.82 Å². The Labute approximate surface area is 149 Å². The van der Waals surface area contributed by atoms with Crippen molar-refractivity contribution in [3.05, 3.63) is 59.4 Å². The van der Waals surface area contributed by atoms with Gasteiger partial charge in [-0.1, -0.05) is 11.6 Å². The summed E-state index contributed by atoms with van der Waals surface area (Å²) >= 11 is 5.84. The van der Waals surface area contributed by atoms with Gasteiger partial charge in [0.2, 0.25) is 5.82 Å². The number of tetrazole rings is 1. The summed E-state index contributed by atoms with van der Waals surface area (Å²) in [5.74, 6) is 0.942. The molecule has 130 valence electrons. The van der Waals surface area contributed by atoms with E-state index in [1.165, 1.54) is 16.9 Å². The minimum atomic E-state index is -0.295. The number of halogens is 2. The normalized spacial score (nSPS) is 11.0. The molecule has 3 rings (SSSR count). The molecule has 0 aliphatic rings. The quantitative estimate of drug-likeness (QED) is 0.647. The predicted molar refractivity (Wildman–Crippen MR) is 92.8 cm³/mol. The van der Waals surface area contributed by atoms with Gasteiger partial charge < -0.3 is 4.74 Å². The number of ether oxygens (including phenoxy) is 1. The summed E-state index contributed by atoms with van der Waals surface area (Å²) in [4.78, 5) is 3.49. The topological polar surface area (TPSA) is 56.1 Å². The van der Waals surface area contributed by atoms with Crippen LogP contribution in [0, 0.1) is 5.82 Å². The van der Waals surface area contributed by atoms with E-state index in [0.29, 0.717) is 30.7 Å². The smallest absolute Gasteiger partial charge is 0.204 e. The van der Waals surface area contributed by atoms with Crippen molar-refractivity contribution >= 4 is 11.6 Å². The number of aromatic nitrogens is 4. The van der Waals surface area contributed by atoms with Crippen LogP contribution >= 0.6 is 11.6 Å². The van der Waals surface area contributed by atoms with Crippen LogP contribution < -0.4 is 4.74 Å². The summed E-state index contributed by atoms with van der Waals surface area (Å²) in [5, 5.41) is 13.0. The minimum Gasteiger partial charge on any atom is -0.492 e. The Morgan fingerprint density at radius 1 is 1.12 bits per heavy atom. The van der Waals surface area contributed by atoms with E-state index >= 15 is 0 Å². The van der Waals surface area contributed by atoms with E-state index in [1.807, 2.05) is 24.1 Å². The van der Waals surface area contributed by atoms with E-state index in [0.717, 1.165) is 11.3 Å². The molecule has 0 unspecified atom stereocenters. The fourth-order valence-electron chi connectivity index (χ4n) is 2.15. The van der Waals surface area contributed by atoms with Crippen molar-refractivity contribution in [2.75, 3.05) is 20.2 Å². The van der Waals surface area contributed by atoms with Crippen LogP contribution in [-0.2, 0) is 6.67 Å². The number of hydrogen-bond donors (Lipinski definition) is 0. The largest absolute Gasteiger partial charge is 0.492 e. The maximum atomic E-state index is 13.0. The highest BCUT2D eigenvalue weighted by Gasteiger charge is 2.08. The summed E-state index contributed by atoms with van der Waals surface area (Å²) in [5.41, 5.74) is 0.723. The molecule has 0 amide bonds. The zero-order chi connectivity index (χ0) is 17.6. The van der Waals surface area contributed by atoms with Crippen LogP contribution in [0.15, 0.2) is 48.5 Å². The van der Waals surface area contributed by atoms with Gasteiger partial charge in [0, 0.05) is 17.1 Å². The van der Waals surface area contributed by atoms with E-state index < -0.39 is 0 Å². The predicted octanol–water partition coefficient (Wildman–Crippen LogP) is 3.10. The summed E-state index contributed by atoms with van der Waals surface area (Å²) in [6, 6.07) is 13.2. The lowest BCUT2D eigenvalue weighted by Gasteiger charge is -2.15. The second-order valence-electron chi connectivity index (χ2n) is 5.52. The first-order valence-electron chi connectivity index (χ1n) is 7.71. The number of likely N-dealkylation sites (N-methyl/N-ethyl adjacent to an activating group) is 1. The molecule has 0 aliphatic heterocycles. The van der Waals surface area contributed by atoms with Gasteiger partial charge in [-0.2, -0.15) is 0 Å². The Balaban J connectivity index is 1.48. The van der Waals surface area contributed by atoms with Gasteiger partial charge in [0.15, 0.2) is 0 Å². The van der Waals surface area contributed by atoms with Crippen LogP contribution in [0.3, 0.4) is 0 Å². The fourth-order valence-corrected chi connectivity index (χ4v) is 2.28. The average Bonchev–Trinajstić information content (AvgIpc) is 3.06. The third-order valence-electron chi connectivity index (χ3n) is 3.48. The SMILES string of the molecule is CN(CCOc1ccc(Cl)cc1)Cn1nnc(-c2ccc(F)cc2)n1. The average molecular weight is 362 g/mol. The standard InChI is InChI=1S/C17H17ClFN5O/c1-23(10-11-25-16-8-4-14(18)5-9-16)12-24-21-17(20-22-24)13-2-6-15(19)7-3-13/h2-9H,10-12H2,1H3. The van der Waals surface area contributed by atoms with Crippen molar-refractivity contribution < 1.29 is 9.13 Å². The molecule has 0 bridgehead atoms. The number of hydrogen-bond acceptors (Lipinski definition) is 5. The van der Waals surface area contributed by atoms with E-state index in [2.05, 4.69) is 15.4 Å². The first-order chi connectivity index (χ1) is 12.1. The molecule has 1 heterocycles. The van der Waals surface area contributed by atoms with Crippen LogP contribution in [0.2, 0.25) is 5.02 Å². The van der Waals surface area contributed by atoms with Gasteiger partial charge in [-0.15, -0.1) is 15.0 Å². The van der Waals surface area contributed by atoms with Gasteiger partial charge in [0.05, 0.1) is 0 Å². The molecule has 3 aromatic rings. The monoisotopic (exact) mass is 361 g/mol. The molecular formula is C17H17ClFN5O. The van der Waals surface area contributed by atoms with Crippen LogP contribution in [0.25, 0.3) is 11.4 Å². The Hall–Kier alpha value is -2.51. The second kappa shape index (κ2) is 8.04. The molecule has 0 N–H and O–H groups in total. The van der Waals surface area contributed by atoms with Gasteiger partial charge in [0.1, 0.15) is 24.8 Å². The summed E-state index contributed by atoms with van der Waals surface area (Å²) in [7, 11) is 1.94. The first-order valence-corrected chi connectivity index (χ1v) is 8.08. The van der Waals surface area contributed by atoms with Gasteiger partial charge in [-0.05, 0) is 60.8 Å². The molecule has 0 spiro atoms. The summed E-state index contributed by atoms with van der Waals surface area (Å²) in [6.45, 7) is 1.69. The van der Waals surface area contributed by atoms with Gasteiger partial charge >= 0.3 is 0 Å². The maximum absolute atomic E-state index is 13.0. The Morgan fingerprint density at radius 3 is 2.56 bits per heavy atom. The first kappa shape index (κ1) is 17.3. The highest BCUT2D eigenvalue weighted by Crippen LogP contribution is 2.15. The highest BCUT2D eigenvalue weighted by molar-refractivity contribution is 6.30. The Morgan fingerprint density at radius 2 is 1.84 bits per heavy atom. The van der Waals surface area contributed by atoms with E-state index in [1.54, 1.807) is 24.3 Å². The van der Waals surface area contributed by atoms with Gasteiger partial charge in [-0.25, -0.2) is 4.39 Å². The Bertz CT molecular complexity index is 807. The lowest BCUT2D eigenvalue weighted by molar-refractivity contribution is 0.188. The lowest BCUT2D eigenvalue weighted by Crippen LogP contribution is -2.28. The third kappa shape index (κ3) is 4.98. The molecule has 0 saturated carbocycles. The van der Waals surface area contributed by atoms with Gasteiger partial charge in [-0.3, -0.25) is 4.90 Å². The molecule has 0 aliphatic carbocycles. The van der Waals surface area contributed by atoms with Crippen LogP contribution in [-0.4, -0.2) is 45.3 Å². The maximum Gasteiger partial charge on any atom is 0.204 e. The van der Waals surface area contributed by atoms with Crippen LogP contribution in [0.5, 0.6) is 5.75 Å². The Kier molecular flexibility index (Phi) is 5.57. The molecule has 0 radical (unpaired) electrons. The highest BCUT2D eigenvalue weighted by atomic mass is 35.5. The fraction of sp³-hybridized carbons (Fsp3) is 0.235.